The second-order valence-electron chi connectivity index (χ2n) is 6.45. The number of amides is 2. The van der Waals surface area contributed by atoms with Gasteiger partial charge in [0.1, 0.15) is 0 Å². The SMILES string of the molecule is O=C(CCC1CCNC1)NCC(=O)N1CCCc2ccccc21. The lowest BCUT2D eigenvalue weighted by atomic mass is 10.0. The fourth-order valence-electron chi connectivity index (χ4n) is 3.45. The first-order chi connectivity index (χ1) is 11.2. The minimum Gasteiger partial charge on any atom is -0.347 e. The first kappa shape index (κ1) is 16.0. The molecule has 0 radical (unpaired) electrons. The van der Waals surface area contributed by atoms with Crippen LogP contribution in [0.5, 0.6) is 0 Å². The van der Waals surface area contributed by atoms with E-state index < -0.39 is 0 Å². The Morgan fingerprint density at radius 2 is 2.17 bits per heavy atom. The van der Waals surface area contributed by atoms with Crippen molar-refractivity contribution in [2.45, 2.75) is 32.1 Å². The van der Waals surface area contributed by atoms with Gasteiger partial charge < -0.3 is 15.5 Å². The quantitative estimate of drug-likeness (QED) is 0.865. The molecule has 5 heteroatoms. The van der Waals surface area contributed by atoms with Crippen molar-refractivity contribution in [1.82, 2.24) is 10.6 Å². The Bertz CT molecular complexity index is 567. The summed E-state index contributed by atoms with van der Waals surface area (Å²) in [7, 11) is 0. The Hall–Kier alpha value is -1.88. The zero-order valence-corrected chi connectivity index (χ0v) is 13.5. The molecule has 2 aliphatic heterocycles. The lowest BCUT2D eigenvalue weighted by molar-refractivity contribution is -0.125. The van der Waals surface area contributed by atoms with Gasteiger partial charge in [-0.2, -0.15) is 0 Å². The molecule has 0 aromatic heterocycles. The number of benzene rings is 1. The van der Waals surface area contributed by atoms with Crippen molar-refractivity contribution in [2.24, 2.45) is 5.92 Å². The van der Waals surface area contributed by atoms with E-state index in [2.05, 4.69) is 16.7 Å². The molecule has 3 rings (SSSR count). The lowest BCUT2D eigenvalue weighted by Crippen LogP contribution is -2.42. The van der Waals surface area contributed by atoms with Crippen molar-refractivity contribution in [2.75, 3.05) is 31.1 Å². The molecule has 23 heavy (non-hydrogen) atoms. The standard InChI is InChI=1S/C18H25N3O2/c22-17(8-7-14-9-10-19-12-14)20-13-18(23)21-11-3-5-15-4-1-2-6-16(15)21/h1-2,4,6,14,19H,3,5,7-13H2,(H,20,22). The topological polar surface area (TPSA) is 61.4 Å². The van der Waals surface area contributed by atoms with Crippen LogP contribution >= 0.6 is 0 Å². The Balaban J connectivity index is 1.47. The molecule has 2 amide bonds. The van der Waals surface area contributed by atoms with Gasteiger partial charge in [0.15, 0.2) is 0 Å². The molecule has 1 aromatic carbocycles. The van der Waals surface area contributed by atoms with Gasteiger partial charge in [0, 0.05) is 18.7 Å². The second-order valence-corrected chi connectivity index (χ2v) is 6.45. The van der Waals surface area contributed by atoms with Crippen molar-refractivity contribution >= 4 is 17.5 Å². The summed E-state index contributed by atoms with van der Waals surface area (Å²) >= 11 is 0. The number of fused-ring (bicyclic) bond motifs is 1. The molecule has 0 spiro atoms. The molecule has 0 bridgehead atoms. The molecule has 124 valence electrons. The number of carbonyl (C=O) groups is 2. The molecule has 0 aliphatic carbocycles. The minimum atomic E-state index is -0.0203. The number of hydrogen-bond donors (Lipinski definition) is 2. The van der Waals surface area contributed by atoms with Crippen molar-refractivity contribution in [3.8, 4) is 0 Å². The zero-order valence-electron chi connectivity index (χ0n) is 13.5. The molecule has 1 atom stereocenters. The van der Waals surface area contributed by atoms with E-state index in [0.29, 0.717) is 12.3 Å². The Kier molecular flexibility index (Phi) is 5.28. The van der Waals surface area contributed by atoms with Crippen LogP contribution < -0.4 is 15.5 Å². The molecule has 1 fully saturated rings. The summed E-state index contributed by atoms with van der Waals surface area (Å²) in [4.78, 5) is 26.2. The van der Waals surface area contributed by atoms with Gasteiger partial charge in [-0.1, -0.05) is 18.2 Å². The minimum absolute atomic E-state index is 0.0180. The molecule has 0 saturated carbocycles. The summed E-state index contributed by atoms with van der Waals surface area (Å²) in [5, 5.41) is 6.09. The number of carbonyl (C=O) groups excluding carboxylic acids is 2. The van der Waals surface area contributed by atoms with Crippen LogP contribution in [0.4, 0.5) is 5.69 Å². The largest absolute Gasteiger partial charge is 0.347 e. The van der Waals surface area contributed by atoms with Gasteiger partial charge >= 0.3 is 0 Å². The molecular weight excluding hydrogens is 290 g/mol. The third-order valence-corrected chi connectivity index (χ3v) is 4.79. The van der Waals surface area contributed by atoms with Crippen LogP contribution in [0.2, 0.25) is 0 Å². The van der Waals surface area contributed by atoms with Crippen LogP contribution in [0.25, 0.3) is 0 Å². The van der Waals surface area contributed by atoms with Crippen molar-refractivity contribution in [1.29, 1.82) is 0 Å². The highest BCUT2D eigenvalue weighted by molar-refractivity contribution is 5.97. The van der Waals surface area contributed by atoms with E-state index >= 15 is 0 Å². The number of aryl methyl sites for hydroxylation is 1. The predicted octanol–water partition coefficient (Wildman–Crippen LogP) is 1.47. The molecular formula is C18H25N3O2. The first-order valence-electron chi connectivity index (χ1n) is 8.60. The molecule has 2 N–H and O–H groups in total. The summed E-state index contributed by atoms with van der Waals surface area (Å²) in [6.07, 6.45) is 4.56. The maximum atomic E-state index is 12.4. The third-order valence-electron chi connectivity index (χ3n) is 4.79. The van der Waals surface area contributed by atoms with Gasteiger partial charge in [0.05, 0.1) is 6.54 Å². The van der Waals surface area contributed by atoms with Crippen molar-refractivity contribution in [3.63, 3.8) is 0 Å². The normalized spacial score (nSPS) is 20.2. The fraction of sp³-hybridized carbons (Fsp3) is 0.556. The summed E-state index contributed by atoms with van der Waals surface area (Å²) in [6.45, 7) is 2.89. The molecule has 5 nitrogen and oxygen atoms in total. The Labute approximate surface area is 137 Å². The van der Waals surface area contributed by atoms with E-state index in [1.807, 2.05) is 18.2 Å². The zero-order chi connectivity index (χ0) is 16.1. The van der Waals surface area contributed by atoms with Gasteiger partial charge in [0.25, 0.3) is 0 Å². The van der Waals surface area contributed by atoms with E-state index in [0.717, 1.165) is 51.0 Å². The highest BCUT2D eigenvalue weighted by Gasteiger charge is 2.22. The van der Waals surface area contributed by atoms with E-state index in [1.165, 1.54) is 5.56 Å². The van der Waals surface area contributed by atoms with Crippen molar-refractivity contribution < 1.29 is 9.59 Å². The van der Waals surface area contributed by atoms with Crippen LogP contribution in [-0.2, 0) is 16.0 Å². The maximum Gasteiger partial charge on any atom is 0.246 e. The van der Waals surface area contributed by atoms with Crippen LogP contribution in [0, 0.1) is 5.92 Å². The van der Waals surface area contributed by atoms with E-state index in [1.54, 1.807) is 4.90 Å². The summed E-state index contributed by atoms with van der Waals surface area (Å²) in [6, 6.07) is 8.02. The number of nitrogens with zero attached hydrogens (tertiary/aromatic N) is 1. The molecule has 1 saturated heterocycles. The predicted molar refractivity (Wildman–Crippen MR) is 90.3 cm³/mol. The van der Waals surface area contributed by atoms with Gasteiger partial charge in [-0.05, 0) is 56.3 Å². The second kappa shape index (κ2) is 7.59. The molecule has 2 heterocycles. The fourth-order valence-corrected chi connectivity index (χ4v) is 3.45. The molecule has 2 aliphatic rings. The third kappa shape index (κ3) is 4.10. The van der Waals surface area contributed by atoms with E-state index in [9.17, 15) is 9.59 Å². The summed E-state index contributed by atoms with van der Waals surface area (Å²) in [5.41, 5.74) is 2.21. The smallest absolute Gasteiger partial charge is 0.246 e. The maximum absolute atomic E-state index is 12.4. The average molecular weight is 315 g/mol. The lowest BCUT2D eigenvalue weighted by Gasteiger charge is -2.29. The van der Waals surface area contributed by atoms with Crippen LogP contribution in [-0.4, -0.2) is 38.0 Å². The number of nitrogens with one attached hydrogen (secondary N) is 2. The summed E-state index contributed by atoms with van der Waals surface area (Å²) < 4.78 is 0. The number of anilines is 1. The van der Waals surface area contributed by atoms with Gasteiger partial charge in [0.2, 0.25) is 11.8 Å². The Morgan fingerprint density at radius 1 is 1.30 bits per heavy atom. The average Bonchev–Trinajstić information content (AvgIpc) is 3.11. The van der Waals surface area contributed by atoms with Gasteiger partial charge in [-0.3, -0.25) is 9.59 Å². The van der Waals surface area contributed by atoms with Crippen LogP contribution in [0.1, 0.15) is 31.2 Å². The number of para-hydroxylation sites is 1. The Morgan fingerprint density at radius 3 is 3.00 bits per heavy atom. The molecule has 1 aromatic rings. The van der Waals surface area contributed by atoms with Gasteiger partial charge in [-0.25, -0.2) is 0 Å². The van der Waals surface area contributed by atoms with E-state index in [-0.39, 0.29) is 18.4 Å². The number of hydrogen-bond acceptors (Lipinski definition) is 3. The van der Waals surface area contributed by atoms with Gasteiger partial charge in [-0.15, -0.1) is 0 Å². The van der Waals surface area contributed by atoms with Crippen molar-refractivity contribution in [3.05, 3.63) is 29.8 Å². The monoisotopic (exact) mass is 315 g/mol. The van der Waals surface area contributed by atoms with Crippen LogP contribution in [0.3, 0.4) is 0 Å². The molecule has 1 unspecified atom stereocenters. The highest BCUT2D eigenvalue weighted by atomic mass is 16.2. The summed E-state index contributed by atoms with van der Waals surface area (Å²) in [5.74, 6) is 0.564. The van der Waals surface area contributed by atoms with Crippen LogP contribution in [0.15, 0.2) is 24.3 Å². The number of rotatable bonds is 5. The highest BCUT2D eigenvalue weighted by Crippen LogP contribution is 2.26. The first-order valence-corrected chi connectivity index (χ1v) is 8.60. The van der Waals surface area contributed by atoms with E-state index in [4.69, 9.17) is 0 Å².